The SMILES string of the molecule is O=C(CCc1ccccc1)OCC(Cc1ccccc1)C(O)CCc1ccccc1. The molecule has 3 rings (SSSR count). The number of carbonyl (C=O) groups excluding carboxylic acids is 1. The lowest BCUT2D eigenvalue weighted by atomic mass is 9.91. The Hall–Kier alpha value is -2.91. The van der Waals surface area contributed by atoms with Crippen LogP contribution in [0.15, 0.2) is 91.0 Å². The lowest BCUT2D eigenvalue weighted by Gasteiger charge is -2.23. The van der Waals surface area contributed by atoms with Crippen LogP contribution in [-0.4, -0.2) is 23.8 Å². The second kappa shape index (κ2) is 11.9. The van der Waals surface area contributed by atoms with E-state index in [9.17, 15) is 9.90 Å². The third-order valence-corrected chi connectivity index (χ3v) is 5.38. The van der Waals surface area contributed by atoms with Crippen LogP contribution in [0, 0.1) is 5.92 Å². The molecule has 2 unspecified atom stereocenters. The molecule has 0 saturated carbocycles. The van der Waals surface area contributed by atoms with E-state index in [0.29, 0.717) is 25.7 Å². The fraction of sp³-hybridized carbons (Fsp3) is 0.296. The lowest BCUT2D eigenvalue weighted by Crippen LogP contribution is -2.29. The Morgan fingerprint density at radius 1 is 0.733 bits per heavy atom. The zero-order valence-electron chi connectivity index (χ0n) is 17.3. The number of benzene rings is 3. The van der Waals surface area contributed by atoms with Crippen LogP contribution in [-0.2, 0) is 28.8 Å². The van der Waals surface area contributed by atoms with Gasteiger partial charge < -0.3 is 9.84 Å². The summed E-state index contributed by atoms with van der Waals surface area (Å²) in [4.78, 5) is 12.3. The molecule has 3 aromatic rings. The number of aliphatic hydroxyl groups excluding tert-OH is 1. The predicted molar refractivity (Wildman–Crippen MR) is 120 cm³/mol. The van der Waals surface area contributed by atoms with Crippen LogP contribution < -0.4 is 0 Å². The van der Waals surface area contributed by atoms with Gasteiger partial charge in [-0.25, -0.2) is 0 Å². The van der Waals surface area contributed by atoms with Crippen molar-refractivity contribution in [2.75, 3.05) is 6.61 Å². The molecule has 0 aromatic heterocycles. The second-order valence-corrected chi connectivity index (χ2v) is 7.71. The van der Waals surface area contributed by atoms with Crippen LogP contribution >= 0.6 is 0 Å². The summed E-state index contributed by atoms with van der Waals surface area (Å²) >= 11 is 0. The standard InChI is InChI=1S/C27H30O3/c28-26(18-16-22-10-4-1-5-11-22)25(20-24-14-8-3-9-15-24)21-30-27(29)19-17-23-12-6-2-7-13-23/h1-15,25-26,28H,16-21H2. The highest BCUT2D eigenvalue weighted by Crippen LogP contribution is 2.18. The topological polar surface area (TPSA) is 46.5 Å². The number of ether oxygens (including phenoxy) is 1. The maximum Gasteiger partial charge on any atom is 0.306 e. The average molecular weight is 403 g/mol. The third kappa shape index (κ3) is 7.49. The minimum Gasteiger partial charge on any atom is -0.465 e. The zero-order chi connectivity index (χ0) is 21.0. The lowest BCUT2D eigenvalue weighted by molar-refractivity contribution is -0.146. The molecule has 0 aliphatic heterocycles. The highest BCUT2D eigenvalue weighted by atomic mass is 16.5. The van der Waals surface area contributed by atoms with E-state index >= 15 is 0 Å². The summed E-state index contributed by atoms with van der Waals surface area (Å²) in [5.41, 5.74) is 3.47. The first-order valence-electron chi connectivity index (χ1n) is 10.7. The van der Waals surface area contributed by atoms with Crippen LogP contribution in [0.5, 0.6) is 0 Å². The smallest absolute Gasteiger partial charge is 0.306 e. The Labute approximate surface area is 179 Å². The van der Waals surface area contributed by atoms with E-state index in [4.69, 9.17) is 4.74 Å². The van der Waals surface area contributed by atoms with Gasteiger partial charge in [0.05, 0.1) is 12.7 Å². The first-order chi connectivity index (χ1) is 14.7. The van der Waals surface area contributed by atoms with Gasteiger partial charge in [-0.15, -0.1) is 0 Å². The number of hydrogen-bond donors (Lipinski definition) is 1. The van der Waals surface area contributed by atoms with E-state index in [2.05, 4.69) is 12.1 Å². The number of rotatable bonds is 11. The molecule has 0 amide bonds. The summed E-state index contributed by atoms with van der Waals surface area (Å²) in [6.45, 7) is 0.235. The Morgan fingerprint density at radius 2 is 1.23 bits per heavy atom. The Bertz CT molecular complexity index is 862. The van der Waals surface area contributed by atoms with E-state index in [1.165, 1.54) is 5.56 Å². The molecular formula is C27H30O3. The van der Waals surface area contributed by atoms with Crippen molar-refractivity contribution in [1.29, 1.82) is 0 Å². The zero-order valence-corrected chi connectivity index (χ0v) is 17.3. The maximum absolute atomic E-state index is 12.3. The Balaban J connectivity index is 1.54. The number of esters is 1. The van der Waals surface area contributed by atoms with Gasteiger partial charge in [0.1, 0.15) is 0 Å². The van der Waals surface area contributed by atoms with E-state index in [-0.39, 0.29) is 18.5 Å². The van der Waals surface area contributed by atoms with Crippen LogP contribution in [0.3, 0.4) is 0 Å². The van der Waals surface area contributed by atoms with Crippen molar-refractivity contribution >= 4 is 5.97 Å². The van der Waals surface area contributed by atoms with Crippen LogP contribution in [0.4, 0.5) is 0 Å². The van der Waals surface area contributed by atoms with Crippen molar-refractivity contribution < 1.29 is 14.6 Å². The summed E-state index contributed by atoms with van der Waals surface area (Å²) in [6, 6.07) is 30.2. The van der Waals surface area contributed by atoms with Gasteiger partial charge in [-0.05, 0) is 42.4 Å². The predicted octanol–water partition coefficient (Wildman–Crippen LogP) is 5.02. The highest BCUT2D eigenvalue weighted by molar-refractivity contribution is 5.69. The molecule has 3 nitrogen and oxygen atoms in total. The monoisotopic (exact) mass is 402 g/mol. The first kappa shape index (κ1) is 21.8. The van der Waals surface area contributed by atoms with Gasteiger partial charge in [0.2, 0.25) is 0 Å². The Kier molecular flexibility index (Phi) is 8.67. The number of hydrogen-bond acceptors (Lipinski definition) is 3. The van der Waals surface area contributed by atoms with Crippen LogP contribution in [0.2, 0.25) is 0 Å². The van der Waals surface area contributed by atoms with Gasteiger partial charge in [0, 0.05) is 12.3 Å². The summed E-state index contributed by atoms with van der Waals surface area (Å²) in [5, 5.41) is 10.9. The van der Waals surface area contributed by atoms with Crippen LogP contribution in [0.1, 0.15) is 29.5 Å². The van der Waals surface area contributed by atoms with Gasteiger partial charge in [0.15, 0.2) is 0 Å². The first-order valence-corrected chi connectivity index (χ1v) is 10.7. The second-order valence-electron chi connectivity index (χ2n) is 7.71. The van der Waals surface area contributed by atoms with Gasteiger partial charge in [-0.2, -0.15) is 0 Å². The molecule has 0 heterocycles. The fourth-order valence-electron chi connectivity index (χ4n) is 3.58. The van der Waals surface area contributed by atoms with Crippen molar-refractivity contribution in [2.24, 2.45) is 5.92 Å². The summed E-state index contributed by atoms with van der Waals surface area (Å²) in [6.07, 6.45) is 2.61. The highest BCUT2D eigenvalue weighted by Gasteiger charge is 2.22. The molecule has 30 heavy (non-hydrogen) atoms. The van der Waals surface area contributed by atoms with Gasteiger partial charge in [-0.1, -0.05) is 91.0 Å². The van der Waals surface area contributed by atoms with Gasteiger partial charge in [-0.3, -0.25) is 4.79 Å². The molecule has 0 spiro atoms. The fourth-order valence-corrected chi connectivity index (χ4v) is 3.58. The van der Waals surface area contributed by atoms with Gasteiger partial charge >= 0.3 is 5.97 Å². The molecule has 3 heteroatoms. The summed E-state index contributed by atoms with van der Waals surface area (Å²) in [7, 11) is 0. The molecule has 0 saturated heterocycles. The third-order valence-electron chi connectivity index (χ3n) is 5.38. The maximum atomic E-state index is 12.3. The molecule has 0 bridgehead atoms. The van der Waals surface area contributed by atoms with Crippen LogP contribution in [0.25, 0.3) is 0 Å². The van der Waals surface area contributed by atoms with Crippen molar-refractivity contribution in [3.63, 3.8) is 0 Å². The number of aliphatic hydroxyl groups is 1. The minimum absolute atomic E-state index is 0.128. The summed E-state index contributed by atoms with van der Waals surface area (Å²) in [5.74, 6) is -0.344. The minimum atomic E-state index is -0.535. The van der Waals surface area contributed by atoms with Crippen molar-refractivity contribution in [3.8, 4) is 0 Å². The molecule has 2 atom stereocenters. The molecular weight excluding hydrogens is 372 g/mol. The quantitative estimate of drug-likeness (QED) is 0.458. The van der Waals surface area contributed by atoms with Gasteiger partial charge in [0.25, 0.3) is 0 Å². The molecule has 0 fully saturated rings. The molecule has 3 aromatic carbocycles. The molecule has 0 aliphatic rings. The molecule has 1 N–H and O–H groups in total. The van der Waals surface area contributed by atoms with E-state index < -0.39 is 6.10 Å². The van der Waals surface area contributed by atoms with E-state index in [1.54, 1.807) is 0 Å². The average Bonchev–Trinajstić information content (AvgIpc) is 2.81. The van der Waals surface area contributed by atoms with Crippen molar-refractivity contribution in [1.82, 2.24) is 0 Å². The van der Waals surface area contributed by atoms with Crippen molar-refractivity contribution in [2.45, 2.75) is 38.2 Å². The van der Waals surface area contributed by atoms with E-state index in [1.807, 2.05) is 78.9 Å². The number of aryl methyl sites for hydroxylation is 2. The number of carbonyl (C=O) groups is 1. The van der Waals surface area contributed by atoms with Crippen molar-refractivity contribution in [3.05, 3.63) is 108 Å². The molecule has 0 aliphatic carbocycles. The summed E-state index contributed by atoms with van der Waals surface area (Å²) < 4.78 is 5.57. The Morgan fingerprint density at radius 3 is 1.80 bits per heavy atom. The van der Waals surface area contributed by atoms with E-state index in [0.717, 1.165) is 17.5 Å². The molecule has 0 radical (unpaired) electrons. The largest absolute Gasteiger partial charge is 0.465 e. The normalized spacial score (nSPS) is 12.8. The molecule has 156 valence electrons.